The van der Waals surface area contributed by atoms with Gasteiger partial charge in [0.1, 0.15) is 0 Å². The number of nitrogens with two attached hydrogens (primary N) is 1. The molecule has 0 aromatic carbocycles. The van der Waals surface area contributed by atoms with Crippen molar-refractivity contribution < 1.29 is 5.11 Å². The Morgan fingerprint density at radius 2 is 2.05 bits per heavy atom. The van der Waals surface area contributed by atoms with Gasteiger partial charge < -0.3 is 15.7 Å². The first-order valence-corrected chi connectivity index (χ1v) is 7.16. The first kappa shape index (κ1) is 14.3. The van der Waals surface area contributed by atoms with Crippen molar-refractivity contribution in [1.29, 1.82) is 0 Å². The van der Waals surface area contributed by atoms with Crippen LogP contribution >= 0.6 is 0 Å². The number of rotatable bonds is 5. The van der Waals surface area contributed by atoms with Gasteiger partial charge in [0.2, 0.25) is 0 Å². The van der Waals surface area contributed by atoms with Crippen LogP contribution in [0.3, 0.4) is 0 Å². The van der Waals surface area contributed by atoms with Gasteiger partial charge in [-0.05, 0) is 33.7 Å². The van der Waals surface area contributed by atoms with E-state index in [2.05, 4.69) is 17.0 Å². The summed E-state index contributed by atoms with van der Waals surface area (Å²) in [7, 11) is 2.11. The van der Waals surface area contributed by atoms with Crippen LogP contribution < -0.4 is 5.73 Å². The Kier molecular flexibility index (Phi) is 4.47. The summed E-state index contributed by atoms with van der Waals surface area (Å²) in [5.74, 6) is 0. The molecule has 1 aliphatic rings. The molecular formula is C14H26N4O. The van der Waals surface area contributed by atoms with Crippen LogP contribution in [-0.4, -0.2) is 45.5 Å². The molecule has 108 valence electrons. The molecule has 1 fully saturated rings. The summed E-state index contributed by atoms with van der Waals surface area (Å²) in [6.45, 7) is 5.06. The molecule has 19 heavy (non-hydrogen) atoms. The lowest BCUT2D eigenvalue weighted by molar-refractivity contribution is 0.0881. The molecule has 2 rings (SSSR count). The van der Waals surface area contributed by atoms with Gasteiger partial charge in [0, 0.05) is 12.6 Å². The summed E-state index contributed by atoms with van der Waals surface area (Å²) in [6.07, 6.45) is 4.76. The second kappa shape index (κ2) is 5.92. The molecular weight excluding hydrogens is 240 g/mol. The average Bonchev–Trinajstić information content (AvgIpc) is 2.96. The minimum Gasteiger partial charge on any atom is -0.396 e. The Hall–Kier alpha value is -1.07. The number of nitrogens with zero attached hydrogens (tertiary/aromatic N) is 3. The van der Waals surface area contributed by atoms with E-state index in [1.54, 1.807) is 0 Å². The molecule has 1 aromatic rings. The molecule has 0 saturated heterocycles. The van der Waals surface area contributed by atoms with Gasteiger partial charge in [-0.2, -0.15) is 5.10 Å². The number of aliphatic hydroxyl groups excluding tert-OH is 1. The average molecular weight is 266 g/mol. The van der Waals surface area contributed by atoms with Crippen LogP contribution in [0.2, 0.25) is 0 Å². The molecule has 0 aliphatic heterocycles. The number of nitrogen functional groups attached to an aromatic ring is 1. The number of aromatic nitrogens is 2. The first-order valence-electron chi connectivity index (χ1n) is 7.16. The lowest BCUT2D eigenvalue weighted by atomic mass is 10.2. The first-order chi connectivity index (χ1) is 8.99. The maximum Gasteiger partial charge on any atom is 0.0862 e. The maximum atomic E-state index is 10.2. The van der Waals surface area contributed by atoms with Gasteiger partial charge in [0.05, 0.1) is 29.7 Å². The van der Waals surface area contributed by atoms with Gasteiger partial charge in [0.25, 0.3) is 0 Å². The fraction of sp³-hybridized carbons (Fsp3) is 0.786. The third-order valence-electron chi connectivity index (χ3n) is 4.27. The molecule has 1 heterocycles. The van der Waals surface area contributed by atoms with Crippen LogP contribution in [-0.2, 0) is 6.54 Å². The van der Waals surface area contributed by atoms with Crippen LogP contribution in [0.25, 0.3) is 0 Å². The minimum atomic E-state index is -0.400. The van der Waals surface area contributed by atoms with Gasteiger partial charge in [-0.3, -0.25) is 4.68 Å². The zero-order valence-corrected chi connectivity index (χ0v) is 12.3. The smallest absolute Gasteiger partial charge is 0.0862 e. The molecule has 5 nitrogen and oxygen atoms in total. The third-order valence-corrected chi connectivity index (χ3v) is 4.27. The predicted octanol–water partition coefficient (Wildman–Crippen LogP) is 1.32. The van der Waals surface area contributed by atoms with Crippen LogP contribution in [0.5, 0.6) is 0 Å². The van der Waals surface area contributed by atoms with E-state index < -0.39 is 6.10 Å². The van der Waals surface area contributed by atoms with Gasteiger partial charge >= 0.3 is 0 Å². The van der Waals surface area contributed by atoms with E-state index in [9.17, 15) is 5.11 Å². The molecule has 1 unspecified atom stereocenters. The Morgan fingerprint density at radius 3 is 2.58 bits per heavy atom. The molecule has 0 bridgehead atoms. The van der Waals surface area contributed by atoms with Gasteiger partial charge in [-0.15, -0.1) is 0 Å². The second-order valence-corrected chi connectivity index (χ2v) is 5.80. The third kappa shape index (κ3) is 3.28. The summed E-state index contributed by atoms with van der Waals surface area (Å²) in [5.41, 5.74) is 8.42. The lowest BCUT2D eigenvalue weighted by Crippen LogP contribution is -2.38. The van der Waals surface area contributed by atoms with Crippen molar-refractivity contribution in [1.82, 2.24) is 14.7 Å². The number of hydrogen-bond acceptors (Lipinski definition) is 4. The highest BCUT2D eigenvalue weighted by Crippen LogP contribution is 2.22. The summed E-state index contributed by atoms with van der Waals surface area (Å²) in [6, 6.07) is 0.639. The van der Waals surface area contributed by atoms with Crippen molar-refractivity contribution >= 4 is 5.69 Å². The molecule has 0 radical (unpaired) electrons. The monoisotopic (exact) mass is 266 g/mol. The summed E-state index contributed by atoms with van der Waals surface area (Å²) in [5, 5.41) is 14.6. The van der Waals surface area contributed by atoms with Gasteiger partial charge in [-0.1, -0.05) is 12.8 Å². The number of aryl methyl sites for hydroxylation is 1. The van der Waals surface area contributed by atoms with Crippen LogP contribution in [0.15, 0.2) is 0 Å². The summed E-state index contributed by atoms with van der Waals surface area (Å²) in [4.78, 5) is 2.28. The molecule has 3 N–H and O–H groups in total. The lowest BCUT2D eigenvalue weighted by Gasteiger charge is -2.26. The fourth-order valence-electron chi connectivity index (χ4n) is 2.97. The highest BCUT2D eigenvalue weighted by Gasteiger charge is 2.22. The van der Waals surface area contributed by atoms with Crippen LogP contribution in [0.1, 0.15) is 37.1 Å². The molecule has 0 spiro atoms. The van der Waals surface area contributed by atoms with Crippen molar-refractivity contribution in [2.24, 2.45) is 0 Å². The minimum absolute atomic E-state index is 0.400. The van der Waals surface area contributed by atoms with E-state index in [1.807, 2.05) is 18.5 Å². The molecule has 0 amide bonds. The number of likely N-dealkylation sites (N-methyl/N-ethyl adjacent to an activating group) is 1. The Morgan fingerprint density at radius 1 is 1.42 bits per heavy atom. The molecule has 1 aliphatic carbocycles. The zero-order valence-electron chi connectivity index (χ0n) is 12.3. The topological polar surface area (TPSA) is 67.3 Å². The quantitative estimate of drug-likeness (QED) is 0.843. The van der Waals surface area contributed by atoms with E-state index in [0.717, 1.165) is 17.1 Å². The molecule has 1 saturated carbocycles. The highest BCUT2D eigenvalue weighted by atomic mass is 16.3. The van der Waals surface area contributed by atoms with Crippen LogP contribution in [0.4, 0.5) is 5.69 Å². The van der Waals surface area contributed by atoms with Crippen molar-refractivity contribution in [2.75, 3.05) is 19.3 Å². The van der Waals surface area contributed by atoms with Crippen LogP contribution in [0, 0.1) is 13.8 Å². The summed E-state index contributed by atoms with van der Waals surface area (Å²) >= 11 is 0. The molecule has 1 atom stereocenters. The van der Waals surface area contributed by atoms with Crippen molar-refractivity contribution in [2.45, 2.75) is 58.2 Å². The van der Waals surface area contributed by atoms with Gasteiger partial charge in [-0.25, -0.2) is 0 Å². The van der Waals surface area contributed by atoms with E-state index >= 15 is 0 Å². The van der Waals surface area contributed by atoms with Crippen molar-refractivity contribution in [3.63, 3.8) is 0 Å². The van der Waals surface area contributed by atoms with E-state index in [1.165, 1.54) is 25.7 Å². The Bertz CT molecular complexity index is 423. The van der Waals surface area contributed by atoms with Crippen molar-refractivity contribution in [3.8, 4) is 0 Å². The van der Waals surface area contributed by atoms with E-state index in [0.29, 0.717) is 19.1 Å². The Labute approximate surface area is 115 Å². The molecule has 5 heteroatoms. The second-order valence-electron chi connectivity index (χ2n) is 5.80. The standard InChI is InChI=1S/C14H26N4O/c1-10-14(15)11(2)18(16-10)9-13(19)8-17(3)12-6-4-5-7-12/h12-13,19H,4-9,15H2,1-3H3. The maximum absolute atomic E-state index is 10.2. The number of hydrogen-bond donors (Lipinski definition) is 2. The normalized spacial score (nSPS) is 18.4. The van der Waals surface area contributed by atoms with Crippen molar-refractivity contribution in [3.05, 3.63) is 11.4 Å². The largest absolute Gasteiger partial charge is 0.396 e. The zero-order chi connectivity index (χ0) is 14.0. The van der Waals surface area contributed by atoms with E-state index in [4.69, 9.17) is 5.73 Å². The predicted molar refractivity (Wildman–Crippen MR) is 77.0 cm³/mol. The van der Waals surface area contributed by atoms with E-state index in [-0.39, 0.29) is 0 Å². The summed E-state index contributed by atoms with van der Waals surface area (Å²) < 4.78 is 1.82. The molecule has 1 aromatic heterocycles. The Balaban J connectivity index is 1.89. The fourth-order valence-corrected chi connectivity index (χ4v) is 2.97. The number of anilines is 1. The highest BCUT2D eigenvalue weighted by molar-refractivity contribution is 5.46. The SMILES string of the molecule is Cc1nn(CC(O)CN(C)C2CCCC2)c(C)c1N. The van der Waals surface area contributed by atoms with Gasteiger partial charge in [0.15, 0.2) is 0 Å². The number of aliphatic hydroxyl groups is 1.